The van der Waals surface area contributed by atoms with Gasteiger partial charge in [-0.05, 0) is 11.6 Å². The van der Waals surface area contributed by atoms with Crippen LogP contribution in [0.15, 0.2) is 29.2 Å². The van der Waals surface area contributed by atoms with Gasteiger partial charge in [-0.25, -0.2) is 4.79 Å². The summed E-state index contributed by atoms with van der Waals surface area (Å²) in [4.78, 5) is 27.8. The molecular formula is C13H10N2O4S. The summed E-state index contributed by atoms with van der Waals surface area (Å²) in [6.45, 7) is 0. The second-order valence-corrected chi connectivity index (χ2v) is 5.38. The van der Waals surface area contributed by atoms with E-state index in [0.717, 1.165) is 22.3 Å². The number of benzene rings is 1. The van der Waals surface area contributed by atoms with Crippen LogP contribution >= 0.6 is 11.3 Å². The van der Waals surface area contributed by atoms with Crippen molar-refractivity contribution < 1.29 is 15.0 Å². The Hall–Kier alpha value is -2.54. The molecule has 102 valence electrons. The highest BCUT2D eigenvalue weighted by molar-refractivity contribution is 7.09. The normalized spacial score (nSPS) is 11.0. The van der Waals surface area contributed by atoms with E-state index in [1.165, 1.54) is 6.07 Å². The molecule has 6 nitrogen and oxygen atoms in total. The van der Waals surface area contributed by atoms with Crippen molar-refractivity contribution in [2.45, 2.75) is 6.42 Å². The number of thiazole rings is 1. The number of carbonyl (C=O) groups is 1. The molecule has 2 aromatic heterocycles. The third-order valence-electron chi connectivity index (χ3n) is 3.08. The molecule has 2 heterocycles. The maximum absolute atomic E-state index is 11.2. The Bertz CT molecular complexity index is 859. The summed E-state index contributed by atoms with van der Waals surface area (Å²) in [5, 5.41) is 19.5. The molecule has 0 atom stereocenters. The zero-order valence-corrected chi connectivity index (χ0v) is 11.0. The second kappa shape index (κ2) is 4.53. The monoisotopic (exact) mass is 290 g/mol. The minimum absolute atomic E-state index is 0.135. The molecule has 0 aliphatic carbocycles. The topological polar surface area (TPSA) is 106 Å². The van der Waals surface area contributed by atoms with E-state index in [9.17, 15) is 14.7 Å². The molecule has 0 amide bonds. The molecule has 3 aromatic rings. The van der Waals surface area contributed by atoms with Crippen molar-refractivity contribution in [3.05, 3.63) is 50.1 Å². The van der Waals surface area contributed by atoms with Crippen molar-refractivity contribution in [2.75, 3.05) is 0 Å². The van der Waals surface area contributed by atoms with Crippen molar-refractivity contribution in [1.29, 1.82) is 0 Å². The smallest absolute Gasteiger partial charge is 0.337 e. The Kier molecular flexibility index (Phi) is 2.83. The lowest BCUT2D eigenvalue weighted by Crippen LogP contribution is -1.96. The van der Waals surface area contributed by atoms with Gasteiger partial charge in [0, 0.05) is 18.0 Å². The Morgan fingerprint density at radius 3 is 2.80 bits per heavy atom. The average Bonchev–Trinajstić information content (AvgIpc) is 2.94. The fourth-order valence-corrected chi connectivity index (χ4v) is 2.93. The van der Waals surface area contributed by atoms with Crippen LogP contribution in [-0.4, -0.2) is 26.2 Å². The first kappa shape index (κ1) is 12.5. The number of fused-ring (bicyclic) bond motifs is 1. The van der Waals surface area contributed by atoms with Gasteiger partial charge in [0.2, 0.25) is 5.88 Å². The SMILES string of the molecule is O=C(O)c1cccc2c(Cc3sc(=O)[nH]c3O)c[nH]c12. The van der Waals surface area contributed by atoms with Crippen LogP contribution in [0.25, 0.3) is 10.9 Å². The number of para-hydroxylation sites is 1. The highest BCUT2D eigenvalue weighted by atomic mass is 32.1. The Morgan fingerprint density at radius 2 is 2.15 bits per heavy atom. The van der Waals surface area contributed by atoms with Gasteiger partial charge in [-0.3, -0.25) is 9.78 Å². The van der Waals surface area contributed by atoms with E-state index in [0.29, 0.717) is 16.8 Å². The number of carboxylic acids is 1. The van der Waals surface area contributed by atoms with Crippen LogP contribution in [0.1, 0.15) is 20.8 Å². The van der Waals surface area contributed by atoms with E-state index in [1.54, 1.807) is 18.3 Å². The summed E-state index contributed by atoms with van der Waals surface area (Å²) >= 11 is 0.940. The highest BCUT2D eigenvalue weighted by Crippen LogP contribution is 2.27. The lowest BCUT2D eigenvalue weighted by Gasteiger charge is -1.99. The van der Waals surface area contributed by atoms with Crippen molar-refractivity contribution in [3.8, 4) is 5.88 Å². The van der Waals surface area contributed by atoms with E-state index in [2.05, 4.69) is 9.97 Å². The first-order valence-corrected chi connectivity index (χ1v) is 6.61. The third kappa shape index (κ3) is 1.97. The summed E-state index contributed by atoms with van der Waals surface area (Å²) in [6.07, 6.45) is 2.05. The minimum Gasteiger partial charge on any atom is -0.494 e. The number of hydrogen-bond donors (Lipinski definition) is 4. The third-order valence-corrected chi connectivity index (χ3v) is 3.95. The van der Waals surface area contributed by atoms with Gasteiger partial charge in [-0.1, -0.05) is 23.5 Å². The number of rotatable bonds is 3. The number of aromatic hydroxyl groups is 1. The van der Waals surface area contributed by atoms with Crippen molar-refractivity contribution in [2.24, 2.45) is 0 Å². The zero-order chi connectivity index (χ0) is 14.3. The van der Waals surface area contributed by atoms with Gasteiger partial charge in [-0.2, -0.15) is 0 Å². The van der Waals surface area contributed by atoms with Crippen molar-refractivity contribution in [1.82, 2.24) is 9.97 Å². The van der Waals surface area contributed by atoms with Gasteiger partial charge in [0.25, 0.3) is 0 Å². The van der Waals surface area contributed by atoms with Crippen LogP contribution in [0.4, 0.5) is 0 Å². The first-order valence-electron chi connectivity index (χ1n) is 5.79. The quantitative estimate of drug-likeness (QED) is 0.591. The maximum Gasteiger partial charge on any atom is 0.337 e. The first-order chi connectivity index (χ1) is 9.56. The number of H-pyrrole nitrogens is 2. The molecule has 3 rings (SSSR count). The molecule has 4 N–H and O–H groups in total. The number of hydrogen-bond acceptors (Lipinski definition) is 4. The molecule has 0 aliphatic rings. The molecular weight excluding hydrogens is 280 g/mol. The molecule has 7 heteroatoms. The van der Waals surface area contributed by atoms with E-state index in [-0.39, 0.29) is 16.3 Å². The second-order valence-electron chi connectivity index (χ2n) is 4.31. The number of aromatic carboxylic acids is 1. The summed E-state index contributed by atoms with van der Waals surface area (Å²) in [6, 6.07) is 5.00. The fourth-order valence-electron chi connectivity index (χ4n) is 2.18. The fraction of sp³-hybridized carbons (Fsp3) is 0.0769. The lowest BCUT2D eigenvalue weighted by molar-refractivity contribution is 0.0699. The summed E-state index contributed by atoms with van der Waals surface area (Å²) in [7, 11) is 0. The highest BCUT2D eigenvalue weighted by Gasteiger charge is 2.14. The number of aromatic nitrogens is 2. The molecule has 0 aliphatic heterocycles. The Balaban J connectivity index is 2.09. The van der Waals surface area contributed by atoms with Crippen LogP contribution in [0.5, 0.6) is 5.88 Å². The van der Waals surface area contributed by atoms with E-state index >= 15 is 0 Å². The van der Waals surface area contributed by atoms with Gasteiger partial charge >= 0.3 is 10.8 Å². The van der Waals surface area contributed by atoms with Crippen LogP contribution in [0.3, 0.4) is 0 Å². The number of nitrogens with one attached hydrogen (secondary N) is 2. The molecule has 20 heavy (non-hydrogen) atoms. The molecule has 1 aromatic carbocycles. The maximum atomic E-state index is 11.2. The molecule has 0 fully saturated rings. The molecule has 0 spiro atoms. The number of carboxylic acid groups (broad SMARTS) is 1. The van der Waals surface area contributed by atoms with Crippen LogP contribution in [0, 0.1) is 0 Å². The standard InChI is InChI=1S/C13H10N2O4S/c16-11-9(20-13(19)15-11)4-6-5-14-10-7(6)2-1-3-8(10)12(17)18/h1-3,5,14,16H,4H2,(H,15,19)(H,17,18). The minimum atomic E-state index is -1.00. The van der Waals surface area contributed by atoms with Gasteiger partial charge in [-0.15, -0.1) is 0 Å². The van der Waals surface area contributed by atoms with Crippen LogP contribution < -0.4 is 4.87 Å². The van der Waals surface area contributed by atoms with Crippen molar-refractivity contribution >= 4 is 28.2 Å². The van der Waals surface area contributed by atoms with E-state index in [4.69, 9.17) is 5.11 Å². The predicted octanol–water partition coefficient (Wildman–Crippen LogP) is 1.91. The Labute approximate surface area is 116 Å². The predicted molar refractivity (Wildman–Crippen MR) is 74.7 cm³/mol. The molecule has 0 radical (unpaired) electrons. The van der Waals surface area contributed by atoms with Crippen LogP contribution in [0.2, 0.25) is 0 Å². The Morgan fingerprint density at radius 1 is 1.35 bits per heavy atom. The summed E-state index contributed by atoms with van der Waals surface area (Å²) in [5.74, 6) is -1.14. The zero-order valence-electron chi connectivity index (χ0n) is 10.1. The largest absolute Gasteiger partial charge is 0.494 e. The summed E-state index contributed by atoms with van der Waals surface area (Å²) in [5.41, 5.74) is 1.56. The van der Waals surface area contributed by atoms with E-state index < -0.39 is 5.97 Å². The molecule has 0 bridgehead atoms. The van der Waals surface area contributed by atoms with Gasteiger partial charge in [0.05, 0.1) is 16.0 Å². The van der Waals surface area contributed by atoms with Gasteiger partial charge in [0.15, 0.2) is 0 Å². The van der Waals surface area contributed by atoms with Gasteiger partial charge in [0.1, 0.15) is 0 Å². The van der Waals surface area contributed by atoms with E-state index in [1.807, 2.05) is 0 Å². The van der Waals surface area contributed by atoms with Gasteiger partial charge < -0.3 is 15.2 Å². The lowest BCUT2D eigenvalue weighted by atomic mass is 10.1. The molecule has 0 unspecified atom stereocenters. The molecule has 0 saturated carbocycles. The summed E-state index contributed by atoms with van der Waals surface area (Å²) < 4.78 is 0. The average molecular weight is 290 g/mol. The number of aromatic amines is 2. The van der Waals surface area contributed by atoms with Crippen LogP contribution in [-0.2, 0) is 6.42 Å². The molecule has 0 saturated heterocycles. The van der Waals surface area contributed by atoms with Crippen molar-refractivity contribution in [3.63, 3.8) is 0 Å².